The van der Waals surface area contributed by atoms with Crippen molar-refractivity contribution in [2.75, 3.05) is 14.1 Å². The smallest absolute Gasteiger partial charge is 0.250 e. The molecule has 0 saturated heterocycles. The maximum absolute atomic E-state index is 13.1. The zero-order chi connectivity index (χ0) is 23.6. The molecule has 0 bridgehead atoms. The number of hydrogen-bond donors (Lipinski definition) is 0. The van der Waals surface area contributed by atoms with Crippen LogP contribution in [0.4, 0.5) is 11.4 Å². The summed E-state index contributed by atoms with van der Waals surface area (Å²) in [5.74, 6) is 0.139. The van der Waals surface area contributed by atoms with Crippen LogP contribution in [-0.2, 0) is 10.0 Å². The number of para-hydroxylation sites is 1. The molecule has 0 amide bonds. The molecule has 2 aromatic carbocycles. The summed E-state index contributed by atoms with van der Waals surface area (Å²) < 4.78 is 33.7. The van der Waals surface area contributed by atoms with E-state index in [2.05, 4.69) is 36.8 Å². The van der Waals surface area contributed by atoms with Gasteiger partial charge >= 0.3 is 0 Å². The maximum atomic E-state index is 13.1. The fraction of sp³-hybridized carbons (Fsp3) is 0.409. The Balaban J connectivity index is 2.74. The molecule has 31 heavy (non-hydrogen) atoms. The molecule has 0 aliphatic heterocycles. The zero-order valence-corrected chi connectivity index (χ0v) is 21.9. The number of aliphatic imine (C=N–C) groups is 2. The molecule has 0 aromatic heterocycles. The molecule has 2 aromatic rings. The third-order valence-electron chi connectivity index (χ3n) is 5.40. The predicted octanol–water partition coefficient (Wildman–Crippen LogP) is 6.42. The van der Waals surface area contributed by atoms with Crippen LogP contribution >= 0.6 is 11.6 Å². The summed E-state index contributed by atoms with van der Waals surface area (Å²) in [6.45, 7) is 12.2. The molecular formula is C22H30ClN3O3SSi. The Morgan fingerprint density at radius 2 is 1.61 bits per heavy atom. The van der Waals surface area contributed by atoms with E-state index in [4.69, 9.17) is 16.0 Å². The van der Waals surface area contributed by atoms with Crippen molar-refractivity contribution in [1.29, 1.82) is 0 Å². The summed E-state index contributed by atoms with van der Waals surface area (Å²) in [7, 11) is -3.39. The van der Waals surface area contributed by atoms with Crippen molar-refractivity contribution in [1.82, 2.24) is 4.31 Å². The normalized spacial score (nSPS) is 12.5. The Bertz CT molecular complexity index is 1130. The molecular weight excluding hydrogens is 450 g/mol. The van der Waals surface area contributed by atoms with Crippen LogP contribution in [0.15, 0.2) is 51.3 Å². The van der Waals surface area contributed by atoms with Crippen LogP contribution in [0, 0.1) is 6.92 Å². The molecule has 6 nitrogen and oxygen atoms in total. The van der Waals surface area contributed by atoms with Crippen molar-refractivity contribution in [3.63, 3.8) is 0 Å². The van der Waals surface area contributed by atoms with Crippen LogP contribution in [0.25, 0.3) is 0 Å². The first-order chi connectivity index (χ1) is 14.2. The molecule has 2 rings (SSSR count). The lowest BCUT2D eigenvalue weighted by atomic mass is 10.2. The van der Waals surface area contributed by atoms with E-state index in [1.165, 1.54) is 20.2 Å². The summed E-state index contributed by atoms with van der Waals surface area (Å²) in [5.41, 5.74) is 2.02. The lowest BCUT2D eigenvalue weighted by Gasteiger charge is -2.37. The van der Waals surface area contributed by atoms with Gasteiger partial charge in [0.1, 0.15) is 16.6 Å². The Morgan fingerprint density at radius 3 is 2.16 bits per heavy atom. The minimum absolute atomic E-state index is 0.0807. The predicted molar refractivity (Wildman–Crippen MR) is 131 cm³/mol. The highest BCUT2D eigenvalue weighted by molar-refractivity contribution is 7.89. The summed E-state index contributed by atoms with van der Waals surface area (Å²) in [4.78, 5) is 8.51. The van der Waals surface area contributed by atoms with Crippen LogP contribution in [0.2, 0.25) is 23.2 Å². The Hall–Kier alpha value is -1.96. The standard InChI is InChI=1S/C22H30ClN3O3SSi/c1-16-11-9-10-12-18(16)24-15-25-19-14-13-17(23)21(30(27,28)26(5)6)20(19)29-31(7,8)22(2,3)4/h9-14H,1-8H3. The first-order valence-corrected chi connectivity index (χ1v) is 14.6. The number of aryl methyl sites for hydroxylation is 1. The number of sulfonamides is 1. The van der Waals surface area contributed by atoms with E-state index in [1.54, 1.807) is 6.07 Å². The number of halogens is 1. The van der Waals surface area contributed by atoms with Gasteiger partial charge in [0.25, 0.3) is 8.32 Å². The second kappa shape index (κ2) is 9.26. The van der Waals surface area contributed by atoms with Gasteiger partial charge in [-0.2, -0.15) is 9.98 Å². The zero-order valence-electron chi connectivity index (χ0n) is 19.3. The van der Waals surface area contributed by atoms with Gasteiger partial charge in [0.2, 0.25) is 10.0 Å². The van der Waals surface area contributed by atoms with Gasteiger partial charge in [-0.3, -0.25) is 0 Å². The van der Waals surface area contributed by atoms with Crippen molar-refractivity contribution < 1.29 is 12.8 Å². The quantitative estimate of drug-likeness (QED) is 0.354. The number of rotatable bonds is 6. The molecule has 0 aliphatic rings. The van der Waals surface area contributed by atoms with Crippen molar-refractivity contribution in [3.8, 4) is 5.75 Å². The molecule has 0 aliphatic carbocycles. The first-order valence-electron chi connectivity index (χ1n) is 9.84. The highest BCUT2D eigenvalue weighted by atomic mass is 35.5. The minimum Gasteiger partial charge on any atom is -0.541 e. The molecule has 0 heterocycles. The highest BCUT2D eigenvalue weighted by Gasteiger charge is 2.41. The third-order valence-corrected chi connectivity index (χ3v) is 12.0. The Labute approximate surface area is 191 Å². The molecule has 0 radical (unpaired) electrons. The highest BCUT2D eigenvalue weighted by Crippen LogP contribution is 2.45. The topological polar surface area (TPSA) is 71.3 Å². The van der Waals surface area contributed by atoms with E-state index in [1.807, 2.05) is 44.3 Å². The second-order valence-electron chi connectivity index (χ2n) is 8.98. The van der Waals surface area contributed by atoms with Crippen LogP contribution in [0.5, 0.6) is 5.75 Å². The van der Waals surface area contributed by atoms with Crippen LogP contribution in [0.3, 0.4) is 0 Å². The second-order valence-corrected chi connectivity index (χ2v) is 16.2. The van der Waals surface area contributed by atoms with Gasteiger partial charge in [0.15, 0.2) is 5.75 Å². The number of benzene rings is 2. The van der Waals surface area contributed by atoms with Gasteiger partial charge in [-0.15, -0.1) is 0 Å². The van der Waals surface area contributed by atoms with Gasteiger partial charge in [-0.05, 0) is 48.8 Å². The van der Waals surface area contributed by atoms with Crippen LogP contribution in [-0.4, -0.2) is 41.1 Å². The Morgan fingerprint density at radius 1 is 1.03 bits per heavy atom. The van der Waals surface area contributed by atoms with Gasteiger partial charge in [-0.1, -0.05) is 50.6 Å². The van der Waals surface area contributed by atoms with E-state index in [-0.39, 0.29) is 20.7 Å². The van der Waals surface area contributed by atoms with Crippen molar-refractivity contribution in [2.24, 2.45) is 9.98 Å². The summed E-state index contributed by atoms with van der Waals surface area (Å²) in [5, 5.41) is -0.0813. The molecule has 9 heteroatoms. The lowest BCUT2D eigenvalue weighted by molar-refractivity contribution is 0.473. The van der Waals surface area contributed by atoms with Crippen LogP contribution < -0.4 is 4.43 Å². The molecule has 0 atom stereocenters. The number of nitrogens with zero attached hydrogens (tertiary/aromatic N) is 3. The maximum Gasteiger partial charge on any atom is 0.250 e. The van der Waals surface area contributed by atoms with Crippen LogP contribution in [0.1, 0.15) is 26.3 Å². The number of hydrogen-bond acceptors (Lipinski definition) is 5. The van der Waals surface area contributed by atoms with E-state index in [9.17, 15) is 8.42 Å². The fourth-order valence-electron chi connectivity index (χ4n) is 2.37. The molecule has 0 unspecified atom stereocenters. The van der Waals surface area contributed by atoms with E-state index >= 15 is 0 Å². The molecule has 0 N–H and O–H groups in total. The van der Waals surface area contributed by atoms with Crippen molar-refractivity contribution in [2.45, 2.75) is 50.7 Å². The molecule has 0 spiro atoms. The van der Waals surface area contributed by atoms with Gasteiger partial charge in [0.05, 0.1) is 10.7 Å². The monoisotopic (exact) mass is 479 g/mol. The minimum atomic E-state index is -3.88. The molecule has 168 valence electrons. The largest absolute Gasteiger partial charge is 0.541 e. The van der Waals surface area contributed by atoms with E-state index < -0.39 is 18.3 Å². The summed E-state index contributed by atoms with van der Waals surface area (Å²) in [6.07, 6.45) is 0. The molecule has 0 fully saturated rings. The third kappa shape index (κ3) is 5.64. The van der Waals surface area contributed by atoms with E-state index in [0.717, 1.165) is 15.6 Å². The van der Waals surface area contributed by atoms with Gasteiger partial charge in [-0.25, -0.2) is 12.7 Å². The summed E-state index contributed by atoms with van der Waals surface area (Å²) in [6, 6.07) is 13.4. The Kier molecular flexibility index (Phi) is 7.56. The van der Waals surface area contributed by atoms with Gasteiger partial charge in [0, 0.05) is 14.1 Å². The first kappa shape index (κ1) is 25.3. The SMILES string of the molecule is Cc1ccccc1N=C=Nc1ccc(Cl)c(S(=O)(=O)N(C)C)c1O[Si](C)(C)C(C)(C)C. The van der Waals surface area contributed by atoms with Crippen molar-refractivity contribution >= 4 is 47.3 Å². The average Bonchev–Trinajstić information content (AvgIpc) is 2.63. The summed E-state index contributed by atoms with van der Waals surface area (Å²) >= 11 is 6.37. The van der Waals surface area contributed by atoms with Crippen molar-refractivity contribution in [3.05, 3.63) is 47.0 Å². The average molecular weight is 480 g/mol. The fourth-order valence-corrected chi connectivity index (χ4v) is 4.97. The lowest BCUT2D eigenvalue weighted by Crippen LogP contribution is -2.44. The molecule has 0 saturated carbocycles. The van der Waals surface area contributed by atoms with Gasteiger partial charge < -0.3 is 4.43 Å². The van der Waals surface area contributed by atoms with E-state index in [0.29, 0.717) is 5.69 Å².